The first kappa shape index (κ1) is 10.8. The molecule has 1 aliphatic carbocycles. The van der Waals surface area contributed by atoms with Crippen LogP contribution in [-0.2, 0) is 0 Å². The van der Waals surface area contributed by atoms with E-state index in [2.05, 4.69) is 9.89 Å². The lowest BCUT2D eigenvalue weighted by atomic mass is 9.83. The highest BCUT2D eigenvalue weighted by Gasteiger charge is 2.61. The van der Waals surface area contributed by atoms with E-state index in [0.717, 1.165) is 38.8 Å². The van der Waals surface area contributed by atoms with Gasteiger partial charge in [-0.3, -0.25) is 4.90 Å². The SMILES string of the molecule is NC1=NC(=O)N(C2CC2)C12CCN1CCCCC12. The number of fused-ring (bicyclic) bond motifs is 2. The van der Waals surface area contributed by atoms with E-state index in [1.165, 1.54) is 12.8 Å². The number of urea groups is 1. The summed E-state index contributed by atoms with van der Waals surface area (Å²) in [6.45, 7) is 2.23. The second kappa shape index (κ2) is 3.47. The average Bonchev–Trinajstić information content (AvgIpc) is 3.06. The molecule has 2 N–H and O–H groups in total. The van der Waals surface area contributed by atoms with Crippen LogP contribution in [0, 0.1) is 0 Å². The number of nitrogens with two attached hydrogens (primary N) is 1. The molecule has 2 amide bonds. The fraction of sp³-hybridized carbons (Fsp3) is 0.846. The van der Waals surface area contributed by atoms with Gasteiger partial charge in [0.05, 0.1) is 0 Å². The molecule has 1 spiro atoms. The van der Waals surface area contributed by atoms with E-state index in [4.69, 9.17) is 5.73 Å². The predicted molar refractivity (Wildman–Crippen MR) is 68.4 cm³/mol. The Balaban J connectivity index is 1.75. The summed E-state index contributed by atoms with van der Waals surface area (Å²) in [7, 11) is 0. The summed E-state index contributed by atoms with van der Waals surface area (Å²) in [5, 5.41) is 0. The molecule has 1 saturated carbocycles. The minimum atomic E-state index is -0.251. The minimum Gasteiger partial charge on any atom is -0.385 e. The Kier molecular flexibility index (Phi) is 2.08. The minimum absolute atomic E-state index is 0.0811. The fourth-order valence-electron chi connectivity index (χ4n) is 4.22. The molecule has 0 radical (unpaired) electrons. The van der Waals surface area contributed by atoms with Crippen LogP contribution in [0.4, 0.5) is 4.79 Å². The Hall–Kier alpha value is -1.10. The van der Waals surface area contributed by atoms with E-state index in [1.54, 1.807) is 0 Å². The molecule has 4 rings (SSSR count). The summed E-state index contributed by atoms with van der Waals surface area (Å²) < 4.78 is 0. The zero-order valence-corrected chi connectivity index (χ0v) is 10.6. The van der Waals surface area contributed by atoms with Gasteiger partial charge in [0.15, 0.2) is 0 Å². The molecule has 98 valence electrons. The van der Waals surface area contributed by atoms with E-state index in [-0.39, 0.29) is 11.6 Å². The zero-order chi connectivity index (χ0) is 12.3. The van der Waals surface area contributed by atoms with E-state index in [0.29, 0.717) is 17.9 Å². The highest BCUT2D eigenvalue weighted by atomic mass is 16.2. The van der Waals surface area contributed by atoms with Gasteiger partial charge in [0.1, 0.15) is 11.4 Å². The second-order valence-electron chi connectivity index (χ2n) is 6.10. The number of carbonyl (C=O) groups is 1. The summed E-state index contributed by atoms with van der Waals surface area (Å²) >= 11 is 0. The van der Waals surface area contributed by atoms with E-state index >= 15 is 0 Å². The lowest BCUT2D eigenvalue weighted by Gasteiger charge is -2.43. The van der Waals surface area contributed by atoms with E-state index in [9.17, 15) is 4.79 Å². The Morgan fingerprint density at radius 2 is 2.06 bits per heavy atom. The fourth-order valence-corrected chi connectivity index (χ4v) is 4.22. The molecule has 18 heavy (non-hydrogen) atoms. The molecule has 3 fully saturated rings. The molecule has 3 heterocycles. The van der Waals surface area contributed by atoms with Gasteiger partial charge < -0.3 is 10.6 Å². The molecular weight excluding hydrogens is 228 g/mol. The molecule has 0 aromatic rings. The van der Waals surface area contributed by atoms with E-state index in [1.807, 2.05) is 4.90 Å². The van der Waals surface area contributed by atoms with Gasteiger partial charge in [0.2, 0.25) is 0 Å². The largest absolute Gasteiger partial charge is 0.385 e. The van der Waals surface area contributed by atoms with Gasteiger partial charge in [-0.05, 0) is 38.6 Å². The van der Waals surface area contributed by atoms with Crippen molar-refractivity contribution in [3.63, 3.8) is 0 Å². The molecule has 2 atom stereocenters. The molecule has 5 heteroatoms. The Morgan fingerprint density at radius 3 is 2.83 bits per heavy atom. The van der Waals surface area contributed by atoms with Crippen LogP contribution < -0.4 is 5.73 Å². The third-order valence-electron chi connectivity index (χ3n) is 5.15. The number of piperidine rings is 1. The van der Waals surface area contributed by atoms with Crippen LogP contribution in [0.15, 0.2) is 4.99 Å². The Morgan fingerprint density at radius 1 is 1.22 bits per heavy atom. The smallest absolute Gasteiger partial charge is 0.346 e. The maximum atomic E-state index is 12.1. The second-order valence-corrected chi connectivity index (χ2v) is 6.10. The molecule has 2 unspecified atom stereocenters. The lowest BCUT2D eigenvalue weighted by molar-refractivity contribution is 0.103. The highest BCUT2D eigenvalue weighted by Crippen LogP contribution is 2.47. The molecule has 0 aromatic carbocycles. The number of amides is 2. The van der Waals surface area contributed by atoms with Gasteiger partial charge in [-0.15, -0.1) is 0 Å². The van der Waals surface area contributed by atoms with Crippen LogP contribution in [0.2, 0.25) is 0 Å². The van der Waals surface area contributed by atoms with Crippen molar-refractivity contribution >= 4 is 11.9 Å². The average molecular weight is 248 g/mol. The molecule has 3 aliphatic heterocycles. The summed E-state index contributed by atoms with van der Waals surface area (Å²) in [6, 6.07) is 0.744. The topological polar surface area (TPSA) is 61.9 Å². The molecule has 0 bridgehead atoms. The third kappa shape index (κ3) is 1.20. The number of hydrogen-bond donors (Lipinski definition) is 1. The van der Waals surface area contributed by atoms with Gasteiger partial charge >= 0.3 is 6.03 Å². The maximum absolute atomic E-state index is 12.1. The highest BCUT2D eigenvalue weighted by molar-refractivity contribution is 6.07. The number of carbonyl (C=O) groups excluding carboxylic acids is 1. The zero-order valence-electron chi connectivity index (χ0n) is 10.6. The van der Waals surface area contributed by atoms with E-state index < -0.39 is 0 Å². The van der Waals surface area contributed by atoms with Crippen molar-refractivity contribution in [2.24, 2.45) is 10.7 Å². The normalized spacial score (nSPS) is 40.4. The lowest BCUT2D eigenvalue weighted by Crippen LogP contribution is -2.62. The third-order valence-corrected chi connectivity index (χ3v) is 5.15. The van der Waals surface area contributed by atoms with Crippen LogP contribution in [0.25, 0.3) is 0 Å². The van der Waals surface area contributed by atoms with Crippen molar-refractivity contribution in [3.05, 3.63) is 0 Å². The maximum Gasteiger partial charge on any atom is 0.346 e. The predicted octanol–water partition coefficient (Wildman–Crippen LogP) is 0.939. The standard InChI is InChI=1S/C13H20N4O/c14-11-13(17(9-4-5-9)12(18)15-11)6-8-16-7-2-1-3-10(13)16/h9-10H,1-8H2,(H2,14,15,18). The van der Waals surface area contributed by atoms with Gasteiger partial charge in [-0.2, -0.15) is 4.99 Å². The van der Waals surface area contributed by atoms with Crippen molar-refractivity contribution < 1.29 is 4.79 Å². The number of nitrogens with zero attached hydrogens (tertiary/aromatic N) is 3. The molecule has 4 aliphatic rings. The van der Waals surface area contributed by atoms with Crippen molar-refractivity contribution in [1.82, 2.24) is 9.80 Å². The monoisotopic (exact) mass is 248 g/mol. The summed E-state index contributed by atoms with van der Waals surface area (Å²) in [4.78, 5) is 20.8. The summed E-state index contributed by atoms with van der Waals surface area (Å²) in [5.74, 6) is 0.591. The molecule has 2 saturated heterocycles. The number of hydrogen-bond acceptors (Lipinski definition) is 3. The van der Waals surface area contributed by atoms with Crippen molar-refractivity contribution in [3.8, 4) is 0 Å². The van der Waals surface area contributed by atoms with Gasteiger partial charge in [0.25, 0.3) is 0 Å². The van der Waals surface area contributed by atoms with Crippen molar-refractivity contribution in [1.29, 1.82) is 0 Å². The molecule has 0 aromatic heterocycles. The molecule has 5 nitrogen and oxygen atoms in total. The van der Waals surface area contributed by atoms with Crippen LogP contribution in [0.1, 0.15) is 38.5 Å². The molecular formula is C13H20N4O. The van der Waals surface area contributed by atoms with Gasteiger partial charge in [-0.1, -0.05) is 6.42 Å². The first-order valence-corrected chi connectivity index (χ1v) is 7.15. The van der Waals surface area contributed by atoms with Crippen molar-refractivity contribution in [2.75, 3.05) is 13.1 Å². The first-order chi connectivity index (χ1) is 8.73. The van der Waals surface area contributed by atoms with Crippen LogP contribution in [0.5, 0.6) is 0 Å². The van der Waals surface area contributed by atoms with Crippen molar-refractivity contribution in [2.45, 2.75) is 56.1 Å². The summed E-state index contributed by atoms with van der Waals surface area (Å²) in [6.07, 6.45) is 6.93. The van der Waals surface area contributed by atoms with Crippen LogP contribution in [-0.4, -0.2) is 52.4 Å². The quantitative estimate of drug-likeness (QED) is 0.751. The van der Waals surface area contributed by atoms with Gasteiger partial charge in [-0.25, -0.2) is 4.79 Å². The first-order valence-electron chi connectivity index (χ1n) is 7.15. The Bertz CT molecular complexity index is 431. The van der Waals surface area contributed by atoms with Gasteiger partial charge in [0, 0.05) is 18.6 Å². The Labute approximate surface area is 107 Å². The number of aliphatic imine (C=N–C) groups is 1. The van der Waals surface area contributed by atoms with Crippen LogP contribution in [0.3, 0.4) is 0 Å². The summed E-state index contributed by atoms with van der Waals surface area (Å²) in [5.41, 5.74) is 5.94. The van der Waals surface area contributed by atoms with Crippen LogP contribution >= 0.6 is 0 Å². The number of rotatable bonds is 1. The number of amidine groups is 1.